The molecule has 0 N–H and O–H groups in total. The van der Waals surface area contributed by atoms with Crippen LogP contribution in [0.15, 0.2) is 65.7 Å². The van der Waals surface area contributed by atoms with E-state index in [1.807, 2.05) is 55.6 Å². The number of nitrogens with zero attached hydrogens (tertiary/aromatic N) is 5. The summed E-state index contributed by atoms with van der Waals surface area (Å²) in [4.78, 5) is 16.6. The lowest BCUT2D eigenvalue weighted by atomic mass is 10.0. The van der Waals surface area contributed by atoms with Crippen molar-refractivity contribution in [2.24, 2.45) is 7.05 Å². The van der Waals surface area contributed by atoms with Crippen molar-refractivity contribution in [3.63, 3.8) is 0 Å². The summed E-state index contributed by atoms with van der Waals surface area (Å²) in [6.45, 7) is 4.43. The summed E-state index contributed by atoms with van der Waals surface area (Å²) in [7, 11) is 1.58. The molecule has 0 aliphatic rings. The third-order valence-electron chi connectivity index (χ3n) is 5.12. The van der Waals surface area contributed by atoms with Crippen LogP contribution >= 0.6 is 0 Å². The van der Waals surface area contributed by atoms with Crippen LogP contribution in [0, 0.1) is 6.92 Å². The van der Waals surface area contributed by atoms with E-state index in [9.17, 15) is 4.79 Å². The summed E-state index contributed by atoms with van der Waals surface area (Å²) in [5.74, 6) is 0.797. The zero-order valence-electron chi connectivity index (χ0n) is 17.2. The number of hydrogen-bond acceptors (Lipinski definition) is 5. The molecular weight excluding hydrogens is 378 g/mol. The highest BCUT2D eigenvalue weighted by Crippen LogP contribution is 2.27. The van der Waals surface area contributed by atoms with Crippen LogP contribution in [0.2, 0.25) is 0 Å². The topological polar surface area (TPSA) is 74.8 Å². The van der Waals surface area contributed by atoms with Gasteiger partial charge in [0.25, 0.3) is 0 Å². The summed E-state index contributed by atoms with van der Waals surface area (Å²) in [6, 6.07) is 15.9. The van der Waals surface area contributed by atoms with E-state index in [2.05, 4.69) is 28.4 Å². The summed E-state index contributed by atoms with van der Waals surface area (Å²) in [6.07, 6.45) is 4.43. The Bertz CT molecular complexity index is 1230. The quantitative estimate of drug-likeness (QED) is 0.494. The number of benzene rings is 2. The van der Waals surface area contributed by atoms with Crippen LogP contribution in [0.1, 0.15) is 23.6 Å². The number of pyridine rings is 1. The Hall–Kier alpha value is -3.74. The third-order valence-corrected chi connectivity index (χ3v) is 5.12. The monoisotopic (exact) mass is 401 g/mol. The van der Waals surface area contributed by atoms with E-state index in [0.29, 0.717) is 12.3 Å². The molecular formula is C23H23N5O2. The van der Waals surface area contributed by atoms with E-state index in [4.69, 9.17) is 4.74 Å². The minimum Gasteiger partial charge on any atom is -0.489 e. The number of rotatable bonds is 6. The van der Waals surface area contributed by atoms with Crippen LogP contribution in [0.4, 0.5) is 0 Å². The highest BCUT2D eigenvalue weighted by atomic mass is 16.5. The standard InChI is InChI=1S/C23H23N5O2/c1-4-17-7-5-9-21(28-23(29)27(3)25-26-28)20(17)15-30-22-11-10-18(13-16(22)2)19-8-6-12-24-14-19/h5-14H,4,15H2,1-3H3. The molecule has 0 atom stereocenters. The van der Waals surface area contributed by atoms with Crippen molar-refractivity contribution in [1.29, 1.82) is 0 Å². The van der Waals surface area contributed by atoms with Gasteiger partial charge in [-0.1, -0.05) is 31.2 Å². The first kappa shape index (κ1) is 19.6. The van der Waals surface area contributed by atoms with Crippen molar-refractivity contribution in [3.05, 3.63) is 88.1 Å². The SMILES string of the molecule is CCc1cccc(-n2nnn(C)c2=O)c1COc1ccc(-c2cccnc2)cc1C. The molecule has 0 fully saturated rings. The fourth-order valence-electron chi connectivity index (χ4n) is 3.46. The number of aryl methyl sites for hydroxylation is 3. The van der Waals surface area contributed by atoms with Crippen LogP contribution in [-0.2, 0) is 20.1 Å². The number of aromatic nitrogens is 5. The van der Waals surface area contributed by atoms with Gasteiger partial charge in [-0.05, 0) is 64.7 Å². The Labute approximate surface area is 174 Å². The van der Waals surface area contributed by atoms with Crippen molar-refractivity contribution >= 4 is 0 Å². The van der Waals surface area contributed by atoms with Gasteiger partial charge in [0.1, 0.15) is 12.4 Å². The summed E-state index contributed by atoms with van der Waals surface area (Å²) in [5.41, 5.74) is 5.62. The first-order chi connectivity index (χ1) is 14.6. The normalized spacial score (nSPS) is 10.9. The molecule has 0 aliphatic heterocycles. The zero-order chi connectivity index (χ0) is 21.1. The maximum atomic E-state index is 12.4. The van der Waals surface area contributed by atoms with Gasteiger partial charge in [0.05, 0.1) is 5.69 Å². The van der Waals surface area contributed by atoms with Gasteiger partial charge in [0, 0.05) is 30.6 Å². The average Bonchev–Trinajstić information content (AvgIpc) is 3.11. The van der Waals surface area contributed by atoms with Crippen LogP contribution in [0.5, 0.6) is 5.75 Å². The van der Waals surface area contributed by atoms with Crippen molar-refractivity contribution in [3.8, 4) is 22.6 Å². The molecule has 0 radical (unpaired) electrons. The second kappa shape index (κ2) is 8.32. The van der Waals surface area contributed by atoms with E-state index in [1.165, 1.54) is 9.36 Å². The highest BCUT2D eigenvalue weighted by molar-refractivity contribution is 5.64. The van der Waals surface area contributed by atoms with Crippen LogP contribution < -0.4 is 10.4 Å². The molecule has 7 nitrogen and oxygen atoms in total. The van der Waals surface area contributed by atoms with E-state index in [-0.39, 0.29) is 5.69 Å². The van der Waals surface area contributed by atoms with Crippen molar-refractivity contribution in [2.45, 2.75) is 26.9 Å². The maximum Gasteiger partial charge on any atom is 0.368 e. The van der Waals surface area contributed by atoms with E-state index >= 15 is 0 Å². The first-order valence-electron chi connectivity index (χ1n) is 9.82. The van der Waals surface area contributed by atoms with Gasteiger partial charge >= 0.3 is 5.69 Å². The van der Waals surface area contributed by atoms with Gasteiger partial charge in [-0.3, -0.25) is 4.98 Å². The second-order valence-corrected chi connectivity index (χ2v) is 7.08. The number of tetrazole rings is 1. The second-order valence-electron chi connectivity index (χ2n) is 7.08. The van der Waals surface area contributed by atoms with Crippen LogP contribution in [0.3, 0.4) is 0 Å². The van der Waals surface area contributed by atoms with E-state index < -0.39 is 0 Å². The van der Waals surface area contributed by atoms with E-state index in [1.54, 1.807) is 13.2 Å². The molecule has 0 saturated carbocycles. The van der Waals surface area contributed by atoms with Gasteiger partial charge in [-0.25, -0.2) is 4.79 Å². The Morgan fingerprint density at radius 2 is 1.90 bits per heavy atom. The predicted molar refractivity (Wildman–Crippen MR) is 115 cm³/mol. The zero-order valence-corrected chi connectivity index (χ0v) is 17.2. The molecule has 4 rings (SSSR count). The minimum atomic E-state index is -0.290. The van der Waals surface area contributed by atoms with Gasteiger partial charge in [0.15, 0.2) is 0 Å². The average molecular weight is 401 g/mol. The highest BCUT2D eigenvalue weighted by Gasteiger charge is 2.15. The van der Waals surface area contributed by atoms with Crippen molar-refractivity contribution in [1.82, 2.24) is 24.8 Å². The Kier molecular flexibility index (Phi) is 5.43. The molecule has 7 heteroatoms. The lowest BCUT2D eigenvalue weighted by Gasteiger charge is -2.16. The maximum absolute atomic E-state index is 12.4. The van der Waals surface area contributed by atoms with Gasteiger partial charge < -0.3 is 4.74 Å². The summed E-state index contributed by atoms with van der Waals surface area (Å²) < 4.78 is 8.71. The molecule has 0 spiro atoms. The summed E-state index contributed by atoms with van der Waals surface area (Å²) in [5, 5.41) is 7.83. The number of hydrogen-bond donors (Lipinski definition) is 0. The van der Waals surface area contributed by atoms with Gasteiger partial charge in [-0.15, -0.1) is 0 Å². The molecule has 30 heavy (non-hydrogen) atoms. The van der Waals surface area contributed by atoms with E-state index in [0.717, 1.165) is 40.0 Å². The lowest BCUT2D eigenvalue weighted by molar-refractivity contribution is 0.302. The molecule has 0 aliphatic carbocycles. The Morgan fingerprint density at radius 3 is 2.57 bits per heavy atom. The van der Waals surface area contributed by atoms with Crippen LogP contribution in [0.25, 0.3) is 16.8 Å². The molecule has 0 bridgehead atoms. The predicted octanol–water partition coefficient (Wildman–Crippen LogP) is 3.48. The Morgan fingerprint density at radius 1 is 1.03 bits per heavy atom. The third kappa shape index (κ3) is 3.74. The van der Waals surface area contributed by atoms with Crippen molar-refractivity contribution < 1.29 is 4.74 Å². The molecule has 2 aromatic heterocycles. The lowest BCUT2D eigenvalue weighted by Crippen LogP contribution is -2.23. The molecule has 0 amide bonds. The molecule has 2 heterocycles. The summed E-state index contributed by atoms with van der Waals surface area (Å²) >= 11 is 0. The molecule has 152 valence electrons. The molecule has 4 aromatic rings. The fourth-order valence-corrected chi connectivity index (χ4v) is 3.46. The molecule has 2 aromatic carbocycles. The molecule has 0 saturated heterocycles. The van der Waals surface area contributed by atoms with Gasteiger partial charge in [0.2, 0.25) is 0 Å². The minimum absolute atomic E-state index is 0.290. The fraction of sp³-hybridized carbons (Fsp3) is 0.217. The molecule has 0 unspecified atom stereocenters. The van der Waals surface area contributed by atoms with Gasteiger partial charge in [-0.2, -0.15) is 9.36 Å². The smallest absolute Gasteiger partial charge is 0.368 e. The first-order valence-corrected chi connectivity index (χ1v) is 9.82. The Balaban J connectivity index is 1.64. The number of ether oxygens (including phenoxy) is 1. The van der Waals surface area contributed by atoms with Crippen molar-refractivity contribution in [2.75, 3.05) is 0 Å². The van der Waals surface area contributed by atoms with Crippen LogP contribution in [-0.4, -0.2) is 24.8 Å². The largest absolute Gasteiger partial charge is 0.489 e.